The number of thiophene rings is 1. The molecule has 2 aromatic heterocycles. The second kappa shape index (κ2) is 11.7. The van der Waals surface area contributed by atoms with E-state index in [2.05, 4.69) is 16.4 Å². The van der Waals surface area contributed by atoms with Crippen LogP contribution in [0, 0.1) is 11.7 Å². The van der Waals surface area contributed by atoms with E-state index < -0.39 is 5.60 Å². The van der Waals surface area contributed by atoms with Crippen molar-refractivity contribution in [1.29, 1.82) is 0 Å². The first-order chi connectivity index (χ1) is 21.2. The number of nitrogens with one attached hydrogen (secondary N) is 1. The van der Waals surface area contributed by atoms with Crippen molar-refractivity contribution in [1.82, 2.24) is 19.8 Å². The molecule has 44 heavy (non-hydrogen) atoms. The number of aromatic nitrogens is 2. The van der Waals surface area contributed by atoms with Crippen molar-refractivity contribution in [2.24, 2.45) is 5.92 Å². The number of halogens is 2. The lowest BCUT2D eigenvalue weighted by molar-refractivity contribution is -0.136. The van der Waals surface area contributed by atoms with Crippen LogP contribution in [-0.4, -0.2) is 57.2 Å². The van der Waals surface area contributed by atoms with Crippen LogP contribution in [0.3, 0.4) is 0 Å². The smallest absolute Gasteiger partial charge is 0.262 e. The molecule has 1 saturated heterocycles. The van der Waals surface area contributed by atoms with E-state index >= 15 is 0 Å². The van der Waals surface area contributed by atoms with Crippen molar-refractivity contribution in [3.8, 4) is 10.4 Å². The molecule has 10 heteroatoms. The first-order valence-electron chi connectivity index (χ1n) is 15.4. The van der Waals surface area contributed by atoms with Gasteiger partial charge in [-0.25, -0.2) is 9.37 Å². The van der Waals surface area contributed by atoms with Gasteiger partial charge in [0.15, 0.2) is 0 Å². The monoisotopic (exact) mass is 634 g/mol. The molecule has 0 radical (unpaired) electrons. The normalized spacial score (nSPS) is 20.2. The number of hydrogen-bond donors (Lipinski definition) is 2. The number of aliphatic hydroxyl groups is 1. The number of carbonyl (C=O) groups excluding carboxylic acids is 1. The van der Waals surface area contributed by atoms with Gasteiger partial charge in [-0.3, -0.25) is 14.2 Å². The van der Waals surface area contributed by atoms with Gasteiger partial charge in [-0.05, 0) is 86.2 Å². The lowest BCUT2D eigenvalue weighted by Gasteiger charge is -2.39. The van der Waals surface area contributed by atoms with Gasteiger partial charge in [-0.1, -0.05) is 35.9 Å². The molecule has 2 fully saturated rings. The highest BCUT2D eigenvalue weighted by Crippen LogP contribution is 2.45. The van der Waals surface area contributed by atoms with Gasteiger partial charge in [0.2, 0.25) is 5.91 Å². The molecule has 4 aromatic rings. The molecule has 2 aliphatic carbocycles. The maximum atomic E-state index is 13.6. The Morgan fingerprint density at radius 2 is 1.93 bits per heavy atom. The summed E-state index contributed by atoms with van der Waals surface area (Å²) in [5.41, 5.74) is 3.63. The summed E-state index contributed by atoms with van der Waals surface area (Å²) in [4.78, 5) is 34.2. The number of amides is 1. The fraction of sp³-hybridized carbons (Fsp3) is 0.441. The quantitative estimate of drug-likeness (QED) is 0.266. The summed E-state index contributed by atoms with van der Waals surface area (Å²) in [6.45, 7) is 0.968. The van der Waals surface area contributed by atoms with E-state index in [0.29, 0.717) is 55.2 Å². The lowest BCUT2D eigenvalue weighted by atomic mass is 9.88. The van der Waals surface area contributed by atoms with Crippen LogP contribution >= 0.6 is 22.9 Å². The van der Waals surface area contributed by atoms with Crippen LogP contribution in [0.5, 0.6) is 0 Å². The third kappa shape index (κ3) is 5.60. The molecule has 7 rings (SSSR count). The van der Waals surface area contributed by atoms with E-state index in [1.807, 2.05) is 23.4 Å². The minimum Gasteiger partial charge on any atom is -0.388 e. The number of rotatable bonds is 8. The molecule has 2 N–H and O–H groups in total. The number of benzene rings is 2. The van der Waals surface area contributed by atoms with Gasteiger partial charge in [0.25, 0.3) is 5.56 Å². The minimum atomic E-state index is -1.12. The number of nitrogens with zero attached hydrogens (tertiary/aromatic N) is 3. The van der Waals surface area contributed by atoms with E-state index in [9.17, 15) is 19.1 Å². The van der Waals surface area contributed by atoms with E-state index in [4.69, 9.17) is 11.6 Å². The van der Waals surface area contributed by atoms with Crippen LogP contribution in [0.15, 0.2) is 52.9 Å². The summed E-state index contributed by atoms with van der Waals surface area (Å²) in [5, 5.41) is 17.9. The third-order valence-corrected chi connectivity index (χ3v) is 11.3. The van der Waals surface area contributed by atoms with E-state index in [0.717, 1.165) is 52.3 Å². The summed E-state index contributed by atoms with van der Waals surface area (Å²) in [5.74, 6) is 0.339. The number of carbonyl (C=O) groups is 1. The molecular formula is C34H36ClFN4O3S. The van der Waals surface area contributed by atoms with Gasteiger partial charge in [-0.15, -0.1) is 11.3 Å². The Bertz CT molecular complexity index is 1780. The first-order valence-corrected chi connectivity index (χ1v) is 16.7. The predicted molar refractivity (Wildman–Crippen MR) is 172 cm³/mol. The summed E-state index contributed by atoms with van der Waals surface area (Å²) in [6.07, 6.45) is 6.67. The Morgan fingerprint density at radius 3 is 2.64 bits per heavy atom. The molecule has 3 aliphatic rings. The van der Waals surface area contributed by atoms with Crippen LogP contribution < -0.4 is 10.9 Å². The van der Waals surface area contributed by atoms with Crippen molar-refractivity contribution < 1.29 is 14.3 Å². The number of likely N-dealkylation sites (N-methyl/N-ethyl adjacent to an activating group) is 1. The van der Waals surface area contributed by atoms with Gasteiger partial charge in [0.05, 0.1) is 39.3 Å². The maximum absolute atomic E-state index is 13.6. The average molecular weight is 635 g/mol. The van der Waals surface area contributed by atoms with Gasteiger partial charge < -0.3 is 15.3 Å². The molecular weight excluding hydrogens is 599 g/mol. The highest BCUT2D eigenvalue weighted by Gasteiger charge is 2.38. The number of hydrogen-bond acceptors (Lipinski definition) is 6. The van der Waals surface area contributed by atoms with Crippen LogP contribution in [0.4, 0.5) is 4.39 Å². The molecule has 1 saturated carbocycles. The van der Waals surface area contributed by atoms with Gasteiger partial charge in [-0.2, -0.15) is 0 Å². The van der Waals surface area contributed by atoms with Crippen LogP contribution in [0.2, 0.25) is 5.02 Å². The van der Waals surface area contributed by atoms with E-state index in [1.165, 1.54) is 39.9 Å². The Morgan fingerprint density at radius 1 is 1.18 bits per heavy atom. The topological polar surface area (TPSA) is 87.5 Å². The number of piperidine rings is 1. The molecule has 3 heterocycles. The second-order valence-corrected chi connectivity index (χ2v) is 14.0. The van der Waals surface area contributed by atoms with Crippen molar-refractivity contribution in [2.75, 3.05) is 20.1 Å². The third-order valence-electron chi connectivity index (χ3n) is 9.89. The molecule has 2 atom stereocenters. The van der Waals surface area contributed by atoms with Gasteiger partial charge in [0, 0.05) is 36.5 Å². The Labute approximate surface area is 264 Å². The first kappa shape index (κ1) is 29.6. The largest absolute Gasteiger partial charge is 0.388 e. The Kier molecular flexibility index (Phi) is 7.85. The van der Waals surface area contributed by atoms with Gasteiger partial charge in [0.1, 0.15) is 5.82 Å². The molecule has 1 amide bonds. The van der Waals surface area contributed by atoms with Crippen LogP contribution in [0.1, 0.15) is 54.7 Å². The molecule has 2 aromatic carbocycles. The summed E-state index contributed by atoms with van der Waals surface area (Å²) >= 11 is 8.36. The second-order valence-electron chi connectivity index (χ2n) is 12.8. The number of fused-ring (bicyclic) bond motifs is 2. The summed E-state index contributed by atoms with van der Waals surface area (Å²) < 4.78 is 15.0. The summed E-state index contributed by atoms with van der Waals surface area (Å²) in [7, 11) is 1.97. The zero-order valence-electron chi connectivity index (χ0n) is 24.7. The maximum Gasteiger partial charge on any atom is 0.262 e. The summed E-state index contributed by atoms with van der Waals surface area (Å²) in [6, 6.07) is 11.0. The van der Waals surface area contributed by atoms with Crippen molar-refractivity contribution >= 4 is 39.7 Å². The predicted octanol–water partition coefficient (Wildman–Crippen LogP) is 5.54. The average Bonchev–Trinajstić information content (AvgIpc) is 3.62. The number of likely N-dealkylation sites (tertiary alicyclic amines) is 1. The molecule has 0 bridgehead atoms. The van der Waals surface area contributed by atoms with E-state index in [-0.39, 0.29) is 29.7 Å². The standard InChI is InChI=1S/C34H36ClFN4O3S/c1-37-24-14-22-6-9-25(30(35)27(22)15-24)32-31-28(17-44-32)33(42)40(19-38-31)18-34(43)10-12-39(13-11-34)29(41)16-26(20-2-3-20)21-4-7-23(36)8-5-21/h4-9,17,19-20,24,26,37,43H,2-3,10-16,18H2,1H3. The lowest BCUT2D eigenvalue weighted by Crippen LogP contribution is -2.49. The minimum absolute atomic E-state index is 0.0611. The Hall–Kier alpha value is -3.11. The molecule has 2 unspecified atom stereocenters. The van der Waals surface area contributed by atoms with Crippen LogP contribution in [0.25, 0.3) is 21.3 Å². The highest BCUT2D eigenvalue weighted by molar-refractivity contribution is 7.15. The SMILES string of the molecule is CNC1Cc2ccc(-c3scc4c(=O)n(CC5(O)CCN(C(=O)CC(c6ccc(F)cc6)C6CC6)CC5)cnc34)c(Cl)c2C1. The molecule has 0 spiro atoms. The Balaban J connectivity index is 1.03. The zero-order chi connectivity index (χ0) is 30.6. The molecule has 1 aliphatic heterocycles. The fourth-order valence-corrected chi connectivity index (χ4v) is 8.47. The zero-order valence-corrected chi connectivity index (χ0v) is 26.3. The van der Waals surface area contributed by atoms with Crippen LogP contribution in [-0.2, 0) is 24.2 Å². The van der Waals surface area contributed by atoms with Crippen molar-refractivity contribution in [2.45, 2.75) is 69.1 Å². The van der Waals surface area contributed by atoms with Crippen molar-refractivity contribution in [3.05, 3.63) is 86.0 Å². The fourth-order valence-electron chi connectivity index (χ4n) is 7.04. The molecule has 7 nitrogen and oxygen atoms in total. The highest BCUT2D eigenvalue weighted by atomic mass is 35.5. The van der Waals surface area contributed by atoms with Gasteiger partial charge >= 0.3 is 0 Å². The molecule has 230 valence electrons. The van der Waals surface area contributed by atoms with E-state index in [1.54, 1.807) is 12.1 Å². The van der Waals surface area contributed by atoms with Crippen molar-refractivity contribution in [3.63, 3.8) is 0 Å².